The van der Waals surface area contributed by atoms with E-state index in [-0.39, 0.29) is 41.6 Å². The Labute approximate surface area is 95.3 Å². The summed E-state index contributed by atoms with van der Waals surface area (Å²) in [6, 6.07) is 0. The smallest absolute Gasteiger partial charge is 0.870 e. The first-order chi connectivity index (χ1) is 2.83. The molecule has 0 aromatic carbocycles. The molecule has 2 nitrogen and oxygen atoms in total. The van der Waals surface area contributed by atoms with Gasteiger partial charge in [0, 0.05) is 6.61 Å². The van der Waals surface area contributed by atoms with E-state index in [1.54, 1.807) is 6.92 Å². The van der Waals surface area contributed by atoms with E-state index in [2.05, 4.69) is 0 Å². The van der Waals surface area contributed by atoms with Crippen molar-refractivity contribution in [1.82, 2.24) is 0 Å². The van der Waals surface area contributed by atoms with Crippen LogP contribution in [0.5, 0.6) is 0 Å². The Morgan fingerprint density at radius 1 is 1.50 bits per heavy atom. The zero-order chi connectivity index (χ0) is 5.41. The van der Waals surface area contributed by atoms with Crippen LogP contribution in [0.25, 0.3) is 0 Å². The third-order valence-electron chi connectivity index (χ3n) is 0. The number of halogens is 2. The fourth-order valence-electron chi connectivity index (χ4n) is 0. The minimum atomic E-state index is -0.931. The molecule has 0 aromatic rings. The largest absolute Gasteiger partial charge is 1.00 e. The Hall–Kier alpha value is 2.76. The molecular weight excluding hydrogens is 190 g/mol. The van der Waals surface area contributed by atoms with Crippen molar-refractivity contribution in [3.05, 3.63) is 0 Å². The van der Waals surface area contributed by atoms with Gasteiger partial charge in [-0.25, -0.2) is 0 Å². The van der Waals surface area contributed by atoms with Gasteiger partial charge in [-0.05, 0) is 6.92 Å². The third kappa shape index (κ3) is 69.3. The molecule has 0 atom stereocenters. The SMILES string of the molecule is CCO.[Cl][Ca][Cl].[Na+].[OH-]. The van der Waals surface area contributed by atoms with Gasteiger partial charge in [0.15, 0.2) is 0 Å². The average molecular weight is 197 g/mol. The van der Waals surface area contributed by atoms with Crippen LogP contribution < -0.4 is 29.6 Å². The van der Waals surface area contributed by atoms with Crippen LogP contribution in [0.15, 0.2) is 0 Å². The first-order valence-corrected chi connectivity index (χ1v) is 7.64. The summed E-state index contributed by atoms with van der Waals surface area (Å²) in [4.78, 5) is 0. The third-order valence-corrected chi connectivity index (χ3v) is 0. The molecule has 0 radical (unpaired) electrons. The van der Waals surface area contributed by atoms with Crippen LogP contribution in [-0.2, 0) is 0 Å². The fourth-order valence-corrected chi connectivity index (χ4v) is 0. The maximum atomic E-state index is 7.57. The molecule has 0 aliphatic heterocycles. The second-order valence-electron chi connectivity index (χ2n) is 0.417. The van der Waals surface area contributed by atoms with Crippen molar-refractivity contribution in [2.45, 2.75) is 6.92 Å². The van der Waals surface area contributed by atoms with E-state index in [9.17, 15) is 0 Å². The topological polar surface area (TPSA) is 50.2 Å². The van der Waals surface area contributed by atoms with Crippen molar-refractivity contribution in [3.63, 3.8) is 0 Å². The molecule has 0 heterocycles. The van der Waals surface area contributed by atoms with Gasteiger partial charge >= 0.3 is 73.2 Å². The maximum absolute atomic E-state index is 7.57. The second kappa shape index (κ2) is 33.1. The van der Waals surface area contributed by atoms with E-state index in [0.717, 1.165) is 0 Å². The molecule has 8 heavy (non-hydrogen) atoms. The van der Waals surface area contributed by atoms with E-state index < -0.39 is 30.8 Å². The Kier molecular flexibility index (Phi) is 92.7. The monoisotopic (exact) mass is 196 g/mol. The minimum absolute atomic E-state index is 0. The van der Waals surface area contributed by atoms with Crippen molar-refractivity contribution < 1.29 is 40.1 Å². The predicted octanol–water partition coefficient (Wildman–Crippen LogP) is -2.18. The summed E-state index contributed by atoms with van der Waals surface area (Å²) in [5.74, 6) is 0. The summed E-state index contributed by atoms with van der Waals surface area (Å²) < 4.78 is 0. The van der Waals surface area contributed by atoms with Gasteiger partial charge in [-0.1, -0.05) is 0 Å². The molecule has 0 bridgehead atoms. The van der Waals surface area contributed by atoms with Crippen LogP contribution in [0, 0.1) is 0 Å². The number of hydrogen-bond acceptors (Lipinski definition) is 2. The second-order valence-corrected chi connectivity index (χ2v) is 4.06. The molecule has 0 rings (SSSR count). The first kappa shape index (κ1) is 22.4. The average Bonchev–Trinajstić information content (AvgIpc) is 1.39. The normalized spacial score (nSPS) is 3.50. The van der Waals surface area contributed by atoms with E-state index in [4.69, 9.17) is 17.9 Å². The minimum Gasteiger partial charge on any atom is -0.870 e. The molecule has 0 saturated heterocycles. The molecule has 44 valence electrons. The van der Waals surface area contributed by atoms with E-state index in [1.807, 2.05) is 0 Å². The molecule has 0 aromatic heterocycles. The predicted molar refractivity (Wildman–Crippen MR) is 32.2 cm³/mol. The first-order valence-electron chi connectivity index (χ1n) is 1.56. The van der Waals surface area contributed by atoms with Crippen LogP contribution in [0.3, 0.4) is 0 Å². The van der Waals surface area contributed by atoms with E-state index >= 15 is 0 Å². The van der Waals surface area contributed by atoms with Gasteiger partial charge in [0.05, 0.1) is 0 Å². The summed E-state index contributed by atoms with van der Waals surface area (Å²) in [6.45, 7) is 1.93. The molecule has 0 fully saturated rings. The fraction of sp³-hybridized carbons (Fsp3) is 1.00. The maximum Gasteiger partial charge on any atom is 1.00 e. The summed E-state index contributed by atoms with van der Waals surface area (Å²) >= 11 is -0.931. The van der Waals surface area contributed by atoms with Gasteiger partial charge < -0.3 is 10.6 Å². The van der Waals surface area contributed by atoms with Crippen molar-refractivity contribution >= 4 is 43.6 Å². The van der Waals surface area contributed by atoms with Gasteiger partial charge in [0.1, 0.15) is 0 Å². The van der Waals surface area contributed by atoms with Crippen molar-refractivity contribution in [3.8, 4) is 0 Å². The molecule has 0 unspecified atom stereocenters. The van der Waals surface area contributed by atoms with Crippen LogP contribution in [0.1, 0.15) is 6.92 Å². The van der Waals surface area contributed by atoms with Gasteiger partial charge in [-0.3, -0.25) is 0 Å². The summed E-state index contributed by atoms with van der Waals surface area (Å²) in [6.07, 6.45) is 9.90. The van der Waals surface area contributed by atoms with E-state index in [0.29, 0.717) is 0 Å². The zero-order valence-corrected chi connectivity index (χ0v) is 10.8. The van der Waals surface area contributed by atoms with Crippen LogP contribution in [0.2, 0.25) is 0 Å². The number of rotatable bonds is 0. The quantitative estimate of drug-likeness (QED) is 0.449. The van der Waals surface area contributed by atoms with Gasteiger partial charge in [-0.2, -0.15) is 0 Å². The number of aliphatic hydroxyl groups excluding tert-OH is 1. The van der Waals surface area contributed by atoms with Crippen LogP contribution in [-0.4, -0.2) is 48.0 Å². The zero-order valence-electron chi connectivity index (χ0n) is 5.06. The van der Waals surface area contributed by atoms with Gasteiger partial charge in [0.25, 0.3) is 0 Å². The molecule has 0 spiro atoms. The Morgan fingerprint density at radius 3 is 1.50 bits per heavy atom. The van der Waals surface area contributed by atoms with Crippen LogP contribution >= 0.6 is 12.8 Å². The Bertz CT molecular complexity index is 20.0. The van der Waals surface area contributed by atoms with E-state index in [1.165, 1.54) is 0 Å². The Morgan fingerprint density at radius 2 is 1.50 bits per heavy atom. The summed E-state index contributed by atoms with van der Waals surface area (Å²) in [7, 11) is 0. The molecule has 6 heteroatoms. The van der Waals surface area contributed by atoms with Crippen molar-refractivity contribution in [1.29, 1.82) is 0 Å². The molecular formula is C2H7CaCl2NaO2. The summed E-state index contributed by atoms with van der Waals surface area (Å²) in [5, 5.41) is 7.57. The van der Waals surface area contributed by atoms with Gasteiger partial charge in [-0.15, -0.1) is 0 Å². The van der Waals surface area contributed by atoms with Gasteiger partial charge in [0.2, 0.25) is 0 Å². The summed E-state index contributed by atoms with van der Waals surface area (Å²) in [5.41, 5.74) is 0. The molecule has 0 aliphatic carbocycles. The van der Waals surface area contributed by atoms with Crippen molar-refractivity contribution in [2.75, 3.05) is 6.61 Å². The molecule has 0 amide bonds. The Balaban J connectivity index is -0.0000000160. The number of aliphatic hydroxyl groups is 1. The molecule has 0 saturated carbocycles. The molecule has 2 N–H and O–H groups in total. The van der Waals surface area contributed by atoms with Crippen molar-refractivity contribution in [2.24, 2.45) is 0 Å². The number of hydrogen-bond donors (Lipinski definition) is 1. The van der Waals surface area contributed by atoms with Crippen LogP contribution in [0.4, 0.5) is 0 Å². The molecule has 0 aliphatic rings. The standard InChI is InChI=1S/C2H6O.Ca.2ClH.Na.H2O/c1-2-3;;;;;/h3H,2H2,1H3;;2*1H;;1H2/q;+2;;;+1;/p-3.